The highest BCUT2D eigenvalue weighted by Gasteiger charge is 2.51. The molecule has 0 saturated heterocycles. The summed E-state index contributed by atoms with van der Waals surface area (Å²) in [4.78, 5) is 17.2. The number of nitrogens with one attached hydrogen (secondary N) is 1. The molecule has 1 aromatic heterocycles. The molecule has 0 bridgehead atoms. The van der Waals surface area contributed by atoms with E-state index in [0.717, 1.165) is 36.5 Å². The molecule has 0 atom stereocenters. The van der Waals surface area contributed by atoms with Crippen molar-refractivity contribution in [2.24, 2.45) is 5.92 Å². The molecule has 0 aliphatic heterocycles. The summed E-state index contributed by atoms with van der Waals surface area (Å²) in [6.45, 7) is 5.44. The van der Waals surface area contributed by atoms with Gasteiger partial charge in [0.15, 0.2) is 0 Å². The average Bonchev–Trinajstić information content (AvgIpc) is 3.52. The zero-order valence-corrected chi connectivity index (χ0v) is 15.5. The van der Waals surface area contributed by atoms with Crippen LogP contribution in [0.5, 0.6) is 5.88 Å². The van der Waals surface area contributed by atoms with Crippen LogP contribution in [0.1, 0.15) is 47.9 Å². The molecule has 1 N–H and O–H groups in total. The Morgan fingerprint density at radius 2 is 1.92 bits per heavy atom. The Kier molecular flexibility index (Phi) is 4.43. The lowest BCUT2D eigenvalue weighted by Gasteiger charge is -2.17. The van der Waals surface area contributed by atoms with Crippen LogP contribution in [0, 0.1) is 19.8 Å². The summed E-state index contributed by atoms with van der Waals surface area (Å²) in [6, 6.07) is 10.3. The first-order chi connectivity index (χ1) is 12.5. The van der Waals surface area contributed by atoms with Crippen LogP contribution in [0.3, 0.4) is 0 Å². The summed E-state index contributed by atoms with van der Waals surface area (Å²) in [7, 11) is 0. The van der Waals surface area contributed by atoms with Gasteiger partial charge in [0, 0.05) is 18.8 Å². The Morgan fingerprint density at radius 1 is 1.19 bits per heavy atom. The van der Waals surface area contributed by atoms with Crippen molar-refractivity contribution < 1.29 is 9.53 Å². The average molecular weight is 350 g/mol. The lowest BCUT2D eigenvalue weighted by molar-refractivity contribution is -0.123. The third kappa shape index (κ3) is 3.74. The lowest BCUT2D eigenvalue weighted by Crippen LogP contribution is -2.34. The largest absolute Gasteiger partial charge is 0.477 e. The van der Waals surface area contributed by atoms with Crippen molar-refractivity contribution in [3.8, 4) is 5.88 Å². The maximum atomic E-state index is 12.8. The van der Waals surface area contributed by atoms with Crippen LogP contribution in [0.2, 0.25) is 0 Å². The van der Waals surface area contributed by atoms with Gasteiger partial charge >= 0.3 is 0 Å². The topological polar surface area (TPSA) is 51.2 Å². The molecule has 2 aliphatic rings. The quantitative estimate of drug-likeness (QED) is 0.825. The molecule has 1 amide bonds. The van der Waals surface area contributed by atoms with Crippen molar-refractivity contribution >= 4 is 5.91 Å². The van der Waals surface area contributed by atoms with Gasteiger partial charge in [0.05, 0.1) is 12.0 Å². The van der Waals surface area contributed by atoms with E-state index in [0.29, 0.717) is 12.4 Å². The van der Waals surface area contributed by atoms with E-state index in [4.69, 9.17) is 4.74 Å². The number of nitrogens with zero attached hydrogens (tertiary/aromatic N) is 1. The van der Waals surface area contributed by atoms with E-state index in [9.17, 15) is 4.79 Å². The van der Waals surface area contributed by atoms with Crippen LogP contribution >= 0.6 is 0 Å². The van der Waals surface area contributed by atoms with Crippen LogP contribution in [0.25, 0.3) is 0 Å². The third-order valence-corrected chi connectivity index (χ3v) is 5.37. The normalized spacial score (nSPS) is 17.6. The number of pyridine rings is 1. The predicted molar refractivity (Wildman–Crippen MR) is 101 cm³/mol. The van der Waals surface area contributed by atoms with Crippen LogP contribution in [-0.4, -0.2) is 17.5 Å². The van der Waals surface area contributed by atoms with E-state index in [1.165, 1.54) is 24.0 Å². The van der Waals surface area contributed by atoms with Gasteiger partial charge in [0.1, 0.15) is 0 Å². The van der Waals surface area contributed by atoms with E-state index in [2.05, 4.69) is 42.3 Å². The zero-order chi connectivity index (χ0) is 18.1. The van der Waals surface area contributed by atoms with Crippen molar-refractivity contribution in [3.05, 3.63) is 58.8 Å². The standard InChI is InChI=1S/C22H26N2O2/c1-15-9-16(2)11-19(10-15)22(7-8-22)21(25)24-13-18-5-6-20(23-12-18)26-14-17-3-4-17/h5-6,9-12,17H,3-4,7-8,13-14H2,1-2H3,(H,24,25). The predicted octanol–water partition coefficient (Wildman–Crippen LogP) is 3.84. The first-order valence-corrected chi connectivity index (χ1v) is 9.50. The van der Waals surface area contributed by atoms with Gasteiger partial charge in [-0.3, -0.25) is 4.79 Å². The Morgan fingerprint density at radius 3 is 2.50 bits per heavy atom. The summed E-state index contributed by atoms with van der Waals surface area (Å²) < 4.78 is 5.66. The molecular formula is C22H26N2O2. The van der Waals surface area contributed by atoms with Gasteiger partial charge in [0.2, 0.25) is 11.8 Å². The number of rotatable bonds is 7. The van der Waals surface area contributed by atoms with E-state index in [-0.39, 0.29) is 11.3 Å². The highest BCUT2D eigenvalue weighted by molar-refractivity contribution is 5.91. The minimum atomic E-state index is -0.336. The third-order valence-electron chi connectivity index (χ3n) is 5.37. The molecule has 0 unspecified atom stereocenters. The minimum absolute atomic E-state index is 0.122. The molecule has 4 rings (SSSR count). The van der Waals surface area contributed by atoms with Gasteiger partial charge in [0.25, 0.3) is 0 Å². The van der Waals surface area contributed by atoms with Gasteiger partial charge in [-0.25, -0.2) is 4.98 Å². The van der Waals surface area contributed by atoms with E-state index >= 15 is 0 Å². The van der Waals surface area contributed by atoms with E-state index < -0.39 is 0 Å². The minimum Gasteiger partial charge on any atom is -0.477 e. The molecule has 2 aromatic rings. The first-order valence-electron chi connectivity index (χ1n) is 9.50. The molecule has 136 valence electrons. The molecule has 2 aliphatic carbocycles. The number of aryl methyl sites for hydroxylation is 2. The Bertz CT molecular complexity index is 785. The number of carbonyl (C=O) groups excluding carboxylic acids is 1. The second-order valence-corrected chi connectivity index (χ2v) is 7.90. The fourth-order valence-corrected chi connectivity index (χ4v) is 3.46. The van der Waals surface area contributed by atoms with Crippen LogP contribution in [0.15, 0.2) is 36.5 Å². The van der Waals surface area contributed by atoms with Gasteiger partial charge in [-0.2, -0.15) is 0 Å². The number of ether oxygens (including phenoxy) is 1. The second-order valence-electron chi connectivity index (χ2n) is 7.90. The zero-order valence-electron chi connectivity index (χ0n) is 15.5. The molecule has 4 heteroatoms. The molecule has 1 aromatic carbocycles. The van der Waals surface area contributed by atoms with Gasteiger partial charge in [-0.05, 0) is 56.6 Å². The van der Waals surface area contributed by atoms with Crippen molar-refractivity contribution in [1.82, 2.24) is 10.3 Å². The fraction of sp³-hybridized carbons (Fsp3) is 0.455. The van der Waals surface area contributed by atoms with Crippen molar-refractivity contribution in [2.45, 2.75) is 51.5 Å². The number of hydrogen-bond donors (Lipinski definition) is 1. The van der Waals surface area contributed by atoms with Crippen LogP contribution < -0.4 is 10.1 Å². The molecule has 2 fully saturated rings. The fourth-order valence-electron chi connectivity index (χ4n) is 3.46. The van der Waals surface area contributed by atoms with Gasteiger partial charge in [-0.1, -0.05) is 35.4 Å². The molecule has 26 heavy (non-hydrogen) atoms. The summed E-state index contributed by atoms with van der Waals surface area (Å²) in [6.07, 6.45) is 6.18. The first kappa shape index (κ1) is 17.1. The van der Waals surface area contributed by atoms with E-state index in [1.54, 1.807) is 6.20 Å². The van der Waals surface area contributed by atoms with Crippen molar-refractivity contribution in [3.63, 3.8) is 0 Å². The number of carbonyl (C=O) groups is 1. The summed E-state index contributed by atoms with van der Waals surface area (Å²) in [5.41, 5.74) is 4.23. The summed E-state index contributed by atoms with van der Waals surface area (Å²) >= 11 is 0. The molecule has 2 saturated carbocycles. The summed E-state index contributed by atoms with van der Waals surface area (Å²) in [5.74, 6) is 1.51. The monoisotopic (exact) mass is 350 g/mol. The van der Waals surface area contributed by atoms with Crippen molar-refractivity contribution in [1.29, 1.82) is 0 Å². The molecule has 1 heterocycles. The van der Waals surface area contributed by atoms with E-state index in [1.807, 2.05) is 12.1 Å². The van der Waals surface area contributed by atoms with Crippen LogP contribution in [-0.2, 0) is 16.8 Å². The SMILES string of the molecule is Cc1cc(C)cc(C2(C(=O)NCc3ccc(OCC4CC4)nc3)CC2)c1. The lowest BCUT2D eigenvalue weighted by atomic mass is 9.92. The number of benzene rings is 1. The smallest absolute Gasteiger partial charge is 0.230 e. The number of amides is 1. The summed E-state index contributed by atoms with van der Waals surface area (Å²) in [5, 5.41) is 3.10. The Hall–Kier alpha value is -2.36. The molecule has 0 spiro atoms. The highest BCUT2D eigenvalue weighted by atomic mass is 16.5. The van der Waals surface area contributed by atoms with Gasteiger partial charge in [-0.15, -0.1) is 0 Å². The van der Waals surface area contributed by atoms with Crippen LogP contribution in [0.4, 0.5) is 0 Å². The number of aromatic nitrogens is 1. The Labute approximate surface area is 155 Å². The maximum Gasteiger partial charge on any atom is 0.230 e. The highest BCUT2D eigenvalue weighted by Crippen LogP contribution is 2.48. The van der Waals surface area contributed by atoms with Crippen molar-refractivity contribution in [2.75, 3.05) is 6.61 Å². The maximum absolute atomic E-state index is 12.8. The van der Waals surface area contributed by atoms with Gasteiger partial charge < -0.3 is 10.1 Å². The second kappa shape index (κ2) is 6.75. The molecule has 4 nitrogen and oxygen atoms in total. The Balaban J connectivity index is 1.35. The number of hydrogen-bond acceptors (Lipinski definition) is 3. The molecule has 0 radical (unpaired) electrons. The molecular weight excluding hydrogens is 324 g/mol.